The van der Waals surface area contributed by atoms with E-state index in [0.717, 1.165) is 24.8 Å². The second kappa shape index (κ2) is 7.39. The first-order valence-corrected chi connectivity index (χ1v) is 7.17. The van der Waals surface area contributed by atoms with Gasteiger partial charge in [0.2, 0.25) is 0 Å². The summed E-state index contributed by atoms with van der Waals surface area (Å²) in [5, 5.41) is 0.698. The minimum atomic E-state index is 0.203. The lowest BCUT2D eigenvalue weighted by Gasteiger charge is -2.17. The molecule has 0 saturated carbocycles. The fourth-order valence-electron chi connectivity index (χ4n) is 2.30. The number of nitrogens with one attached hydrogen (secondary N) is 1. The van der Waals surface area contributed by atoms with Crippen LogP contribution in [0.1, 0.15) is 23.1 Å². The molecule has 1 heterocycles. The van der Waals surface area contributed by atoms with Gasteiger partial charge in [0.05, 0.1) is 5.02 Å². The van der Waals surface area contributed by atoms with Crippen molar-refractivity contribution in [1.82, 2.24) is 10.4 Å². The predicted molar refractivity (Wildman–Crippen MR) is 83.6 cm³/mol. The van der Waals surface area contributed by atoms with E-state index in [1.165, 1.54) is 11.1 Å². The average molecular weight is 290 g/mol. The van der Waals surface area contributed by atoms with Crippen molar-refractivity contribution < 1.29 is 0 Å². The number of aryl methyl sites for hydroxylation is 2. The Morgan fingerprint density at radius 2 is 2.05 bits per heavy atom. The van der Waals surface area contributed by atoms with Crippen molar-refractivity contribution >= 4 is 11.6 Å². The highest BCUT2D eigenvalue weighted by Crippen LogP contribution is 2.17. The van der Waals surface area contributed by atoms with E-state index in [4.69, 9.17) is 17.4 Å². The van der Waals surface area contributed by atoms with Crippen molar-refractivity contribution in [2.24, 2.45) is 5.84 Å². The van der Waals surface area contributed by atoms with Gasteiger partial charge >= 0.3 is 0 Å². The van der Waals surface area contributed by atoms with Crippen molar-refractivity contribution in [1.29, 1.82) is 0 Å². The van der Waals surface area contributed by atoms with Crippen LogP contribution in [0.3, 0.4) is 0 Å². The highest BCUT2D eigenvalue weighted by molar-refractivity contribution is 6.31. The van der Waals surface area contributed by atoms with Crippen molar-refractivity contribution in [3.63, 3.8) is 0 Å². The first kappa shape index (κ1) is 15.0. The molecule has 1 aromatic carbocycles. The van der Waals surface area contributed by atoms with Crippen molar-refractivity contribution in [3.05, 3.63) is 64.4 Å². The van der Waals surface area contributed by atoms with E-state index in [0.29, 0.717) is 5.02 Å². The van der Waals surface area contributed by atoms with Crippen molar-refractivity contribution in [2.45, 2.75) is 32.2 Å². The third kappa shape index (κ3) is 4.04. The molecule has 0 aliphatic rings. The zero-order chi connectivity index (χ0) is 14.4. The number of hydrogen-bond donors (Lipinski definition) is 2. The van der Waals surface area contributed by atoms with Crippen LogP contribution < -0.4 is 11.3 Å². The smallest absolute Gasteiger partial charge is 0.0621 e. The second-order valence-corrected chi connectivity index (χ2v) is 5.41. The lowest BCUT2D eigenvalue weighted by molar-refractivity contribution is 0.491. The number of rotatable bonds is 6. The molecule has 0 radical (unpaired) electrons. The standard InChI is InChI=1S/C16H20ClN3/c1-12-4-2-3-5-13(12)6-7-15(20-18)10-14-8-9-19-11-16(14)17/h2-5,8-9,11,15,20H,6-7,10,18H2,1H3. The number of pyridine rings is 1. The molecule has 0 spiro atoms. The first-order chi connectivity index (χ1) is 9.70. The van der Waals surface area contributed by atoms with Crippen LogP contribution in [0.2, 0.25) is 5.02 Å². The number of nitrogens with two attached hydrogens (primary N) is 1. The fourth-order valence-corrected chi connectivity index (χ4v) is 2.50. The van der Waals surface area contributed by atoms with Crippen LogP contribution in [0, 0.1) is 6.92 Å². The molecule has 2 aromatic rings. The number of hydrazine groups is 1. The summed E-state index contributed by atoms with van der Waals surface area (Å²) < 4.78 is 0. The molecule has 0 bridgehead atoms. The summed E-state index contributed by atoms with van der Waals surface area (Å²) in [7, 11) is 0. The SMILES string of the molecule is Cc1ccccc1CCC(Cc1ccncc1Cl)NN. The van der Waals surface area contributed by atoms with E-state index in [1.54, 1.807) is 12.4 Å². The number of nitrogens with zero attached hydrogens (tertiary/aromatic N) is 1. The Kier molecular flexibility index (Phi) is 5.53. The molecule has 4 heteroatoms. The number of halogens is 1. The van der Waals surface area contributed by atoms with E-state index >= 15 is 0 Å². The predicted octanol–water partition coefficient (Wildman–Crippen LogP) is 3.05. The Balaban J connectivity index is 1.96. The summed E-state index contributed by atoms with van der Waals surface area (Å²) in [6, 6.07) is 10.6. The topological polar surface area (TPSA) is 50.9 Å². The lowest BCUT2D eigenvalue weighted by atomic mass is 9.98. The Morgan fingerprint density at radius 3 is 2.75 bits per heavy atom. The summed E-state index contributed by atoms with van der Waals surface area (Å²) in [4.78, 5) is 4.00. The maximum atomic E-state index is 6.14. The first-order valence-electron chi connectivity index (χ1n) is 6.79. The summed E-state index contributed by atoms with van der Waals surface area (Å²) in [6.07, 6.45) is 6.22. The van der Waals surface area contributed by atoms with Gasteiger partial charge in [0.15, 0.2) is 0 Å². The van der Waals surface area contributed by atoms with Crippen LogP contribution in [-0.2, 0) is 12.8 Å². The second-order valence-electron chi connectivity index (χ2n) is 5.00. The lowest BCUT2D eigenvalue weighted by Crippen LogP contribution is -2.37. The van der Waals surface area contributed by atoms with Crippen LogP contribution in [0.4, 0.5) is 0 Å². The third-order valence-corrected chi connectivity index (χ3v) is 3.92. The van der Waals surface area contributed by atoms with Gasteiger partial charge < -0.3 is 0 Å². The van der Waals surface area contributed by atoms with Gasteiger partial charge in [-0.2, -0.15) is 0 Å². The van der Waals surface area contributed by atoms with Crippen molar-refractivity contribution in [3.8, 4) is 0 Å². The zero-order valence-corrected chi connectivity index (χ0v) is 12.4. The normalized spacial score (nSPS) is 12.3. The quantitative estimate of drug-likeness (QED) is 0.635. The van der Waals surface area contributed by atoms with E-state index in [2.05, 4.69) is 41.6 Å². The molecule has 0 aliphatic carbocycles. The number of hydrogen-bond acceptors (Lipinski definition) is 3. The van der Waals surface area contributed by atoms with Crippen LogP contribution >= 0.6 is 11.6 Å². The summed E-state index contributed by atoms with van der Waals surface area (Å²) in [5.74, 6) is 5.66. The summed E-state index contributed by atoms with van der Waals surface area (Å²) in [6.45, 7) is 2.14. The molecule has 3 N–H and O–H groups in total. The van der Waals surface area contributed by atoms with E-state index in [9.17, 15) is 0 Å². The molecule has 0 fully saturated rings. The van der Waals surface area contributed by atoms with Gasteiger partial charge in [0.25, 0.3) is 0 Å². The molecule has 20 heavy (non-hydrogen) atoms. The Hall–Kier alpha value is -1.42. The molecule has 0 amide bonds. The molecule has 106 valence electrons. The van der Waals surface area contributed by atoms with Crippen LogP contribution in [0.25, 0.3) is 0 Å². The Labute approximate surface area is 125 Å². The number of aromatic nitrogens is 1. The molecule has 1 unspecified atom stereocenters. The monoisotopic (exact) mass is 289 g/mol. The largest absolute Gasteiger partial charge is 0.271 e. The van der Waals surface area contributed by atoms with Gasteiger partial charge in [-0.15, -0.1) is 0 Å². The van der Waals surface area contributed by atoms with E-state index in [-0.39, 0.29) is 6.04 Å². The van der Waals surface area contributed by atoms with Gasteiger partial charge in [-0.25, -0.2) is 0 Å². The highest BCUT2D eigenvalue weighted by atomic mass is 35.5. The zero-order valence-electron chi connectivity index (χ0n) is 11.6. The molecule has 0 aliphatic heterocycles. The summed E-state index contributed by atoms with van der Waals surface area (Å²) >= 11 is 6.14. The minimum Gasteiger partial charge on any atom is -0.271 e. The maximum absolute atomic E-state index is 6.14. The van der Waals surface area contributed by atoms with Gasteiger partial charge in [0.1, 0.15) is 0 Å². The minimum absolute atomic E-state index is 0.203. The van der Waals surface area contributed by atoms with Crippen LogP contribution in [0.15, 0.2) is 42.7 Å². The van der Waals surface area contributed by atoms with Crippen LogP contribution in [-0.4, -0.2) is 11.0 Å². The Bertz CT molecular complexity index is 557. The van der Waals surface area contributed by atoms with Gasteiger partial charge in [0, 0.05) is 18.4 Å². The molecule has 2 rings (SSSR count). The van der Waals surface area contributed by atoms with Gasteiger partial charge in [-0.05, 0) is 48.9 Å². The van der Waals surface area contributed by atoms with E-state index < -0.39 is 0 Å². The Morgan fingerprint density at radius 1 is 1.25 bits per heavy atom. The van der Waals surface area contributed by atoms with Crippen molar-refractivity contribution in [2.75, 3.05) is 0 Å². The fraction of sp³-hybridized carbons (Fsp3) is 0.312. The molecule has 1 aromatic heterocycles. The summed E-state index contributed by atoms with van der Waals surface area (Å²) in [5.41, 5.74) is 6.66. The van der Waals surface area contributed by atoms with Gasteiger partial charge in [-0.3, -0.25) is 16.3 Å². The van der Waals surface area contributed by atoms with E-state index in [1.807, 2.05) is 6.07 Å². The van der Waals surface area contributed by atoms with Gasteiger partial charge in [-0.1, -0.05) is 35.9 Å². The molecule has 0 saturated heterocycles. The number of benzene rings is 1. The molecule has 1 atom stereocenters. The molecular formula is C16H20ClN3. The third-order valence-electron chi connectivity index (χ3n) is 3.58. The molecule has 3 nitrogen and oxygen atoms in total. The van der Waals surface area contributed by atoms with Crippen LogP contribution in [0.5, 0.6) is 0 Å². The molecular weight excluding hydrogens is 270 g/mol. The highest BCUT2D eigenvalue weighted by Gasteiger charge is 2.11. The maximum Gasteiger partial charge on any atom is 0.0621 e. The average Bonchev–Trinajstić information content (AvgIpc) is 2.47.